The van der Waals surface area contributed by atoms with Crippen LogP contribution in [0, 0.1) is 5.41 Å². The minimum Gasteiger partial charge on any atom is -0.368 e. The van der Waals surface area contributed by atoms with Gasteiger partial charge in [-0.25, -0.2) is 0 Å². The predicted molar refractivity (Wildman–Crippen MR) is 46.9 cm³/mol. The summed E-state index contributed by atoms with van der Waals surface area (Å²) in [6.45, 7) is 6.38. The van der Waals surface area contributed by atoms with E-state index in [-0.39, 0.29) is 5.41 Å². The number of hydrogen-bond acceptors (Lipinski definition) is 2. The van der Waals surface area contributed by atoms with Gasteiger partial charge in [-0.15, -0.1) is 0 Å². The van der Waals surface area contributed by atoms with Crippen LogP contribution in [0.4, 0.5) is 0 Å². The lowest BCUT2D eigenvalue weighted by Gasteiger charge is -2.22. The van der Waals surface area contributed by atoms with E-state index >= 15 is 0 Å². The molecule has 4 nitrogen and oxygen atoms in total. The van der Waals surface area contributed by atoms with Crippen LogP contribution in [0.15, 0.2) is 0 Å². The number of rotatable bonds is 5. The zero-order valence-corrected chi connectivity index (χ0v) is 8.67. The Balaban J connectivity index is 3.64. The quantitative estimate of drug-likeness (QED) is 0.655. The van der Waals surface area contributed by atoms with Crippen LogP contribution >= 0.6 is 7.60 Å². The van der Waals surface area contributed by atoms with Crippen molar-refractivity contribution in [1.29, 1.82) is 0 Å². The van der Waals surface area contributed by atoms with E-state index in [1.807, 2.05) is 20.8 Å². The van der Waals surface area contributed by atoms with Crippen molar-refractivity contribution in [3.05, 3.63) is 0 Å². The van der Waals surface area contributed by atoms with Crippen molar-refractivity contribution in [3.63, 3.8) is 0 Å². The van der Waals surface area contributed by atoms with Gasteiger partial charge >= 0.3 is 7.60 Å². The van der Waals surface area contributed by atoms with E-state index in [0.29, 0.717) is 6.61 Å². The molecule has 0 aromatic heterocycles. The van der Waals surface area contributed by atoms with Crippen LogP contribution in [0.5, 0.6) is 0 Å². The topological polar surface area (TPSA) is 66.8 Å². The molecule has 0 bridgehead atoms. The maximum Gasteiger partial charge on any atom is 0.350 e. The molecule has 74 valence electrons. The highest BCUT2D eigenvalue weighted by Crippen LogP contribution is 2.34. The Labute approximate surface area is 73.1 Å². The van der Waals surface area contributed by atoms with E-state index < -0.39 is 13.9 Å². The molecule has 0 heterocycles. The fraction of sp³-hybridized carbons (Fsp3) is 1.00. The van der Waals surface area contributed by atoms with Gasteiger partial charge in [-0.1, -0.05) is 20.8 Å². The van der Waals surface area contributed by atoms with E-state index in [1.54, 1.807) is 0 Å². The molecule has 0 fully saturated rings. The Morgan fingerprint density at radius 2 is 1.92 bits per heavy atom. The molecule has 0 aliphatic heterocycles. The largest absolute Gasteiger partial charge is 0.368 e. The summed E-state index contributed by atoms with van der Waals surface area (Å²) in [4.78, 5) is 16.9. The van der Waals surface area contributed by atoms with Crippen LogP contribution in [0.3, 0.4) is 0 Å². The minimum atomic E-state index is -3.98. The molecule has 0 aliphatic rings. The molecule has 0 amide bonds. The van der Waals surface area contributed by atoms with Gasteiger partial charge < -0.3 is 14.5 Å². The smallest absolute Gasteiger partial charge is 0.350 e. The zero-order chi connectivity index (χ0) is 9.83. The zero-order valence-electron chi connectivity index (χ0n) is 7.78. The first-order valence-corrected chi connectivity index (χ1v) is 5.69. The number of hydrogen-bond donors (Lipinski definition) is 2. The van der Waals surface area contributed by atoms with Crippen LogP contribution in [0.2, 0.25) is 0 Å². The van der Waals surface area contributed by atoms with Gasteiger partial charge in [0.2, 0.25) is 0 Å². The normalized spacial score (nSPS) is 13.4. The van der Waals surface area contributed by atoms with Crippen molar-refractivity contribution in [1.82, 2.24) is 0 Å². The maximum absolute atomic E-state index is 10.4. The molecule has 0 aliphatic carbocycles. The molecular weight excluding hydrogens is 179 g/mol. The average Bonchev–Trinajstić information content (AvgIpc) is 1.84. The first-order valence-electron chi connectivity index (χ1n) is 3.89. The van der Waals surface area contributed by atoms with Crippen LogP contribution in [0.25, 0.3) is 0 Å². The predicted octanol–water partition coefficient (Wildman–Crippen LogP) is 1.57. The summed E-state index contributed by atoms with van der Waals surface area (Å²) in [5.74, 6) is 0. The molecule has 0 aromatic rings. The fourth-order valence-corrected chi connectivity index (χ4v) is 0.872. The molecule has 0 radical (unpaired) electrons. The van der Waals surface area contributed by atoms with Crippen molar-refractivity contribution in [3.8, 4) is 0 Å². The first kappa shape index (κ1) is 12.1. The second-order valence-corrected chi connectivity index (χ2v) is 5.25. The van der Waals surface area contributed by atoms with Gasteiger partial charge in [0.05, 0.1) is 6.61 Å². The van der Waals surface area contributed by atoms with Gasteiger partial charge in [0.25, 0.3) is 0 Å². The highest BCUT2D eigenvalue weighted by molar-refractivity contribution is 7.51. The summed E-state index contributed by atoms with van der Waals surface area (Å²) in [6, 6.07) is 0. The van der Waals surface area contributed by atoms with Gasteiger partial charge in [0.1, 0.15) is 6.35 Å². The van der Waals surface area contributed by atoms with Crippen molar-refractivity contribution in [2.45, 2.75) is 27.2 Å². The Kier molecular flexibility index (Phi) is 4.42. The molecule has 5 heteroatoms. The maximum atomic E-state index is 10.4. The van der Waals surface area contributed by atoms with Crippen molar-refractivity contribution in [2.75, 3.05) is 13.0 Å². The first-order chi connectivity index (χ1) is 5.27. The summed E-state index contributed by atoms with van der Waals surface area (Å²) < 4.78 is 15.3. The van der Waals surface area contributed by atoms with Gasteiger partial charge in [-0.2, -0.15) is 0 Å². The summed E-state index contributed by atoms with van der Waals surface area (Å²) in [6.07, 6.45) is 0.449. The van der Waals surface area contributed by atoms with E-state index in [4.69, 9.17) is 14.5 Å². The Hall–Kier alpha value is 0.110. The van der Waals surface area contributed by atoms with Gasteiger partial charge in [0, 0.05) is 0 Å². The molecule has 0 unspecified atom stereocenters. The highest BCUT2D eigenvalue weighted by atomic mass is 31.2. The monoisotopic (exact) mass is 196 g/mol. The second kappa shape index (κ2) is 4.38. The molecule has 12 heavy (non-hydrogen) atoms. The highest BCUT2D eigenvalue weighted by Gasteiger charge is 2.18. The lowest BCUT2D eigenvalue weighted by Crippen LogP contribution is -2.18. The lowest BCUT2D eigenvalue weighted by atomic mass is 9.92. The standard InChI is InChI=1S/C7H17O4P/c1-4-7(2,3)5-11-6-12(8,9)10/h4-6H2,1-3H3,(H2,8,9,10). The summed E-state index contributed by atoms with van der Waals surface area (Å²) in [7, 11) is -3.98. The van der Waals surface area contributed by atoms with E-state index in [9.17, 15) is 4.57 Å². The third-order valence-electron chi connectivity index (χ3n) is 1.71. The molecule has 0 aromatic carbocycles. The van der Waals surface area contributed by atoms with Gasteiger partial charge in [-0.05, 0) is 11.8 Å². The molecule has 0 spiro atoms. The molecule has 0 saturated heterocycles. The second-order valence-electron chi connectivity index (χ2n) is 3.66. The summed E-state index contributed by atoms with van der Waals surface area (Å²) >= 11 is 0. The van der Waals surface area contributed by atoms with E-state index in [0.717, 1.165) is 6.42 Å². The van der Waals surface area contributed by atoms with E-state index in [1.165, 1.54) is 0 Å². The molecule has 0 atom stereocenters. The van der Waals surface area contributed by atoms with Crippen LogP contribution in [-0.2, 0) is 9.30 Å². The van der Waals surface area contributed by atoms with Crippen molar-refractivity contribution in [2.24, 2.45) is 5.41 Å². The molecule has 2 N–H and O–H groups in total. The Morgan fingerprint density at radius 3 is 2.25 bits per heavy atom. The SMILES string of the molecule is CCC(C)(C)COCP(=O)(O)O. The Morgan fingerprint density at radius 1 is 1.42 bits per heavy atom. The van der Waals surface area contributed by atoms with E-state index in [2.05, 4.69) is 0 Å². The van der Waals surface area contributed by atoms with Crippen LogP contribution < -0.4 is 0 Å². The van der Waals surface area contributed by atoms with Crippen LogP contribution in [-0.4, -0.2) is 22.7 Å². The molecular formula is C7H17O4P. The van der Waals surface area contributed by atoms with Gasteiger partial charge in [-0.3, -0.25) is 4.57 Å². The summed E-state index contributed by atoms with van der Waals surface area (Å²) in [5, 5.41) is 0. The molecule has 0 rings (SSSR count). The van der Waals surface area contributed by atoms with Gasteiger partial charge in [0.15, 0.2) is 0 Å². The lowest BCUT2D eigenvalue weighted by molar-refractivity contribution is 0.0790. The summed E-state index contributed by atoms with van der Waals surface area (Å²) in [5.41, 5.74) is -0.00479. The fourth-order valence-electron chi connectivity index (χ4n) is 0.543. The third-order valence-corrected chi connectivity index (χ3v) is 2.23. The minimum absolute atomic E-state index is 0.00479. The Bertz CT molecular complexity index is 172. The van der Waals surface area contributed by atoms with Crippen molar-refractivity contribution < 1.29 is 19.1 Å². The third kappa shape index (κ3) is 6.80. The average molecular weight is 196 g/mol. The number of ether oxygens (including phenoxy) is 1. The van der Waals surface area contributed by atoms with Crippen LogP contribution in [0.1, 0.15) is 27.2 Å². The molecule has 0 saturated carbocycles. The van der Waals surface area contributed by atoms with Crippen molar-refractivity contribution >= 4 is 7.60 Å².